The molecular weight excluding hydrogens is 194 g/mol. The van der Waals surface area contributed by atoms with Crippen LogP contribution < -0.4 is 0 Å². The van der Waals surface area contributed by atoms with Gasteiger partial charge in [0.1, 0.15) is 0 Å². The molecular formula is C15H19N. The molecule has 2 aliphatic rings. The van der Waals surface area contributed by atoms with Crippen molar-refractivity contribution >= 4 is 0 Å². The fraction of sp³-hybridized carbons (Fsp3) is 0.467. The van der Waals surface area contributed by atoms with Crippen LogP contribution in [0.3, 0.4) is 0 Å². The maximum atomic E-state index is 2.52. The predicted molar refractivity (Wildman–Crippen MR) is 67.7 cm³/mol. The van der Waals surface area contributed by atoms with E-state index in [0.29, 0.717) is 5.92 Å². The van der Waals surface area contributed by atoms with Gasteiger partial charge in [-0.2, -0.15) is 0 Å². The highest BCUT2D eigenvalue weighted by Gasteiger charge is 2.32. The molecule has 0 saturated heterocycles. The Morgan fingerprint density at radius 3 is 2.94 bits per heavy atom. The topological polar surface area (TPSA) is 3.24 Å². The molecule has 0 fully saturated rings. The molecule has 0 unspecified atom stereocenters. The van der Waals surface area contributed by atoms with Crippen LogP contribution in [0.1, 0.15) is 30.4 Å². The highest BCUT2D eigenvalue weighted by Crippen LogP contribution is 2.38. The number of nitrogens with zero attached hydrogens (tertiary/aromatic N) is 1. The first-order valence-corrected chi connectivity index (χ1v) is 6.21. The van der Waals surface area contributed by atoms with Crippen LogP contribution in [0.25, 0.3) is 0 Å². The first kappa shape index (κ1) is 10.1. The molecule has 0 bridgehead atoms. The van der Waals surface area contributed by atoms with Crippen molar-refractivity contribution in [1.29, 1.82) is 0 Å². The van der Waals surface area contributed by atoms with Crippen LogP contribution in [-0.4, -0.2) is 24.5 Å². The summed E-state index contributed by atoms with van der Waals surface area (Å²) in [4.78, 5) is 2.52. The van der Waals surface area contributed by atoms with E-state index >= 15 is 0 Å². The minimum absolute atomic E-state index is 0.628. The summed E-state index contributed by atoms with van der Waals surface area (Å²) in [5.74, 6) is 0.628. The van der Waals surface area contributed by atoms with Gasteiger partial charge in [-0.05, 0) is 37.9 Å². The number of benzene rings is 1. The summed E-state index contributed by atoms with van der Waals surface area (Å²) in [5, 5.41) is 0. The zero-order valence-corrected chi connectivity index (χ0v) is 10.1. The van der Waals surface area contributed by atoms with Gasteiger partial charge >= 0.3 is 0 Å². The van der Waals surface area contributed by atoms with E-state index in [9.17, 15) is 0 Å². The summed E-state index contributed by atoms with van der Waals surface area (Å²) in [6.07, 6.45) is 5.04. The second-order valence-electron chi connectivity index (χ2n) is 5.26. The highest BCUT2D eigenvalue weighted by molar-refractivity contribution is 5.39. The molecule has 0 N–H and O–H groups in total. The van der Waals surface area contributed by atoms with E-state index in [1.165, 1.54) is 18.4 Å². The van der Waals surface area contributed by atoms with Gasteiger partial charge in [0.15, 0.2) is 0 Å². The molecule has 1 aliphatic heterocycles. The van der Waals surface area contributed by atoms with Crippen LogP contribution in [0.5, 0.6) is 0 Å². The number of hydrogen-bond acceptors (Lipinski definition) is 1. The van der Waals surface area contributed by atoms with Gasteiger partial charge in [-0.3, -0.25) is 4.90 Å². The van der Waals surface area contributed by atoms with Crippen molar-refractivity contribution in [2.45, 2.75) is 31.7 Å². The highest BCUT2D eigenvalue weighted by atomic mass is 15.1. The molecule has 0 aromatic heterocycles. The van der Waals surface area contributed by atoms with Gasteiger partial charge in [0.25, 0.3) is 0 Å². The molecule has 0 spiro atoms. The first-order valence-electron chi connectivity index (χ1n) is 6.21. The van der Waals surface area contributed by atoms with Crippen molar-refractivity contribution in [3.05, 3.63) is 47.0 Å². The second-order valence-corrected chi connectivity index (χ2v) is 5.26. The minimum atomic E-state index is 0.628. The Morgan fingerprint density at radius 1 is 1.25 bits per heavy atom. The maximum absolute atomic E-state index is 2.52. The van der Waals surface area contributed by atoms with Gasteiger partial charge in [-0.15, -0.1) is 0 Å². The molecule has 0 saturated carbocycles. The third kappa shape index (κ3) is 1.51. The van der Waals surface area contributed by atoms with Crippen LogP contribution in [-0.2, 0) is 6.42 Å². The van der Waals surface area contributed by atoms with Crippen LogP contribution in [0.2, 0.25) is 0 Å². The molecule has 1 heterocycles. The Kier molecular flexibility index (Phi) is 2.36. The number of fused-ring (bicyclic) bond motifs is 3. The summed E-state index contributed by atoms with van der Waals surface area (Å²) >= 11 is 0. The van der Waals surface area contributed by atoms with Gasteiger partial charge in [0.2, 0.25) is 0 Å². The third-order valence-electron chi connectivity index (χ3n) is 4.07. The molecule has 0 amide bonds. The zero-order chi connectivity index (χ0) is 11.1. The molecule has 1 nitrogen and oxygen atoms in total. The van der Waals surface area contributed by atoms with Crippen molar-refractivity contribution in [1.82, 2.24) is 4.90 Å². The second kappa shape index (κ2) is 3.74. The summed E-state index contributed by atoms with van der Waals surface area (Å²) < 4.78 is 0. The van der Waals surface area contributed by atoms with Crippen molar-refractivity contribution in [3.63, 3.8) is 0 Å². The standard InChI is InChI=1S/C15H19N/c1-11-9-14-13-6-4-3-5-12(13)7-8-15(14)16(2)10-11/h3-6,9,14-15H,7-8,10H2,1-2H3/t14-,15-/m1/s1. The van der Waals surface area contributed by atoms with E-state index in [2.05, 4.69) is 49.2 Å². The van der Waals surface area contributed by atoms with Gasteiger partial charge in [0, 0.05) is 18.5 Å². The number of likely N-dealkylation sites (N-methyl/N-ethyl adjacent to an activating group) is 1. The van der Waals surface area contributed by atoms with E-state index in [-0.39, 0.29) is 0 Å². The smallest absolute Gasteiger partial charge is 0.0202 e. The van der Waals surface area contributed by atoms with E-state index in [1.54, 1.807) is 11.1 Å². The normalized spacial score (nSPS) is 29.2. The average Bonchev–Trinajstić information content (AvgIpc) is 2.28. The van der Waals surface area contributed by atoms with E-state index < -0.39 is 0 Å². The van der Waals surface area contributed by atoms with Gasteiger partial charge in [0.05, 0.1) is 0 Å². The van der Waals surface area contributed by atoms with Gasteiger partial charge in [-0.1, -0.05) is 35.9 Å². The monoisotopic (exact) mass is 213 g/mol. The summed E-state index contributed by atoms with van der Waals surface area (Å²) in [7, 11) is 2.27. The third-order valence-corrected chi connectivity index (χ3v) is 4.07. The molecule has 84 valence electrons. The lowest BCUT2D eigenvalue weighted by Crippen LogP contribution is -2.42. The lowest BCUT2D eigenvalue weighted by molar-refractivity contribution is 0.208. The van der Waals surface area contributed by atoms with Crippen LogP contribution in [0.15, 0.2) is 35.9 Å². The minimum Gasteiger partial charge on any atom is -0.299 e. The average molecular weight is 213 g/mol. The molecule has 2 atom stereocenters. The first-order chi connectivity index (χ1) is 7.75. The Morgan fingerprint density at radius 2 is 2.06 bits per heavy atom. The number of aryl methyl sites for hydroxylation is 1. The Hall–Kier alpha value is -1.08. The van der Waals surface area contributed by atoms with Crippen molar-refractivity contribution < 1.29 is 0 Å². The molecule has 0 radical (unpaired) electrons. The van der Waals surface area contributed by atoms with Crippen molar-refractivity contribution in [2.75, 3.05) is 13.6 Å². The van der Waals surface area contributed by atoms with Crippen LogP contribution >= 0.6 is 0 Å². The summed E-state index contributed by atoms with van der Waals surface area (Å²) in [5.41, 5.74) is 4.63. The molecule has 1 aromatic rings. The van der Waals surface area contributed by atoms with Gasteiger partial charge < -0.3 is 0 Å². The van der Waals surface area contributed by atoms with E-state index in [1.807, 2.05) is 0 Å². The summed E-state index contributed by atoms with van der Waals surface area (Å²) in [6, 6.07) is 9.68. The molecule has 16 heavy (non-hydrogen) atoms. The maximum Gasteiger partial charge on any atom is 0.0202 e. The lowest BCUT2D eigenvalue weighted by atomic mass is 9.76. The Bertz CT molecular complexity index is 433. The van der Waals surface area contributed by atoms with Crippen molar-refractivity contribution in [3.8, 4) is 0 Å². The fourth-order valence-corrected chi connectivity index (χ4v) is 3.34. The Balaban J connectivity index is 2.07. The van der Waals surface area contributed by atoms with Gasteiger partial charge in [-0.25, -0.2) is 0 Å². The molecule has 3 rings (SSSR count). The fourth-order valence-electron chi connectivity index (χ4n) is 3.34. The molecule has 1 heteroatoms. The van der Waals surface area contributed by atoms with Crippen LogP contribution in [0.4, 0.5) is 0 Å². The van der Waals surface area contributed by atoms with Crippen molar-refractivity contribution in [2.24, 2.45) is 0 Å². The quantitative estimate of drug-likeness (QED) is 0.599. The molecule has 1 aliphatic carbocycles. The SMILES string of the molecule is CC1=C[C@@H]2c3ccccc3CC[C@H]2N(C)C1. The van der Waals surface area contributed by atoms with E-state index in [4.69, 9.17) is 0 Å². The largest absolute Gasteiger partial charge is 0.299 e. The number of hydrogen-bond donors (Lipinski definition) is 0. The predicted octanol–water partition coefficient (Wildman–Crippen LogP) is 2.98. The molecule has 1 aromatic carbocycles. The zero-order valence-electron chi connectivity index (χ0n) is 10.1. The summed E-state index contributed by atoms with van der Waals surface area (Å²) in [6.45, 7) is 3.40. The lowest BCUT2D eigenvalue weighted by Gasteiger charge is -2.41. The van der Waals surface area contributed by atoms with E-state index in [0.717, 1.165) is 12.6 Å². The number of rotatable bonds is 0. The van der Waals surface area contributed by atoms with Crippen LogP contribution in [0, 0.1) is 0 Å². The Labute approximate surface area is 97.8 Å².